The molecule has 0 unspecified atom stereocenters. The van der Waals surface area contributed by atoms with Crippen molar-refractivity contribution in [2.45, 2.75) is 12.3 Å². The molecular weight excluding hydrogens is 263 g/mol. The highest BCUT2D eigenvalue weighted by molar-refractivity contribution is 5.82. The van der Waals surface area contributed by atoms with E-state index < -0.39 is 18.2 Å². The van der Waals surface area contributed by atoms with E-state index in [0.717, 1.165) is 0 Å². The average Bonchev–Trinajstić information content (AvgIpc) is 2.31. The minimum absolute atomic E-state index is 0.0640. The third-order valence-corrected chi connectivity index (χ3v) is 2.55. The molecule has 8 heteroatoms. The van der Waals surface area contributed by atoms with Gasteiger partial charge in [-0.2, -0.15) is 18.4 Å². The Labute approximate surface area is 106 Å². The van der Waals surface area contributed by atoms with Gasteiger partial charge in [0.2, 0.25) is 5.88 Å². The van der Waals surface area contributed by atoms with Crippen molar-refractivity contribution in [1.82, 2.24) is 9.88 Å². The van der Waals surface area contributed by atoms with E-state index in [1.54, 1.807) is 6.07 Å². The summed E-state index contributed by atoms with van der Waals surface area (Å²) in [5.74, 6) is -1.82. The first-order valence-electron chi connectivity index (χ1n) is 5.29. The van der Waals surface area contributed by atoms with Crippen LogP contribution in [-0.4, -0.2) is 41.2 Å². The Morgan fingerprint density at radius 2 is 2.21 bits per heavy atom. The second kappa shape index (κ2) is 4.76. The maximum atomic E-state index is 12.1. The van der Waals surface area contributed by atoms with Gasteiger partial charge in [0.15, 0.2) is 0 Å². The zero-order valence-corrected chi connectivity index (χ0v) is 9.52. The van der Waals surface area contributed by atoms with Crippen molar-refractivity contribution < 1.29 is 22.7 Å². The standard InChI is InChI=1S/C11H8F3N3O2/c12-11(13,14)10(18)17-5-8(6-17)19-9-7(4-15)2-1-3-16-9/h1-3,8H,5-6H2. The number of ether oxygens (including phenoxy) is 1. The lowest BCUT2D eigenvalue weighted by atomic mass is 10.1. The number of rotatable bonds is 2. The van der Waals surface area contributed by atoms with E-state index in [4.69, 9.17) is 10.00 Å². The summed E-state index contributed by atoms with van der Waals surface area (Å²) in [6.07, 6.45) is -4.03. The number of likely N-dealkylation sites (tertiary alicyclic amines) is 1. The Morgan fingerprint density at radius 1 is 1.53 bits per heavy atom. The summed E-state index contributed by atoms with van der Waals surface area (Å²) in [6, 6.07) is 4.89. The molecule has 1 saturated heterocycles. The van der Waals surface area contributed by atoms with Gasteiger partial charge in [-0.15, -0.1) is 0 Å². The molecule has 19 heavy (non-hydrogen) atoms. The van der Waals surface area contributed by atoms with Gasteiger partial charge in [-0.25, -0.2) is 4.98 Å². The van der Waals surface area contributed by atoms with Crippen molar-refractivity contribution in [2.24, 2.45) is 0 Å². The molecule has 1 aliphatic heterocycles. The number of carbonyl (C=O) groups excluding carboxylic acids is 1. The van der Waals surface area contributed by atoms with Gasteiger partial charge in [-0.05, 0) is 12.1 Å². The fourth-order valence-corrected chi connectivity index (χ4v) is 1.59. The monoisotopic (exact) mass is 271 g/mol. The van der Waals surface area contributed by atoms with Crippen LogP contribution in [0.1, 0.15) is 5.56 Å². The van der Waals surface area contributed by atoms with Crippen LogP contribution in [0.2, 0.25) is 0 Å². The molecule has 100 valence electrons. The Morgan fingerprint density at radius 3 is 2.79 bits per heavy atom. The van der Waals surface area contributed by atoms with E-state index in [0.29, 0.717) is 4.90 Å². The lowest BCUT2D eigenvalue weighted by Crippen LogP contribution is -2.59. The second-order valence-electron chi connectivity index (χ2n) is 3.92. The van der Waals surface area contributed by atoms with Gasteiger partial charge < -0.3 is 9.64 Å². The van der Waals surface area contributed by atoms with Gasteiger partial charge in [0.25, 0.3) is 0 Å². The predicted octanol–water partition coefficient (Wildman–Crippen LogP) is 1.11. The van der Waals surface area contributed by atoms with Crippen molar-refractivity contribution in [3.05, 3.63) is 23.9 Å². The molecule has 0 N–H and O–H groups in total. The summed E-state index contributed by atoms with van der Waals surface area (Å²) in [4.78, 5) is 15.3. The maximum absolute atomic E-state index is 12.1. The van der Waals surface area contributed by atoms with Gasteiger partial charge in [0, 0.05) is 6.20 Å². The van der Waals surface area contributed by atoms with Crippen LogP contribution in [0.25, 0.3) is 0 Å². The minimum Gasteiger partial charge on any atom is -0.470 e. The molecule has 0 saturated carbocycles. The summed E-state index contributed by atoms with van der Waals surface area (Å²) in [7, 11) is 0. The number of pyridine rings is 1. The molecular formula is C11H8F3N3O2. The number of hydrogen-bond acceptors (Lipinski definition) is 4. The number of nitrogens with zero attached hydrogens (tertiary/aromatic N) is 3. The number of nitriles is 1. The number of aromatic nitrogens is 1. The van der Waals surface area contributed by atoms with E-state index in [1.165, 1.54) is 12.3 Å². The van der Waals surface area contributed by atoms with Crippen LogP contribution >= 0.6 is 0 Å². The van der Waals surface area contributed by atoms with Crippen LogP contribution in [-0.2, 0) is 4.79 Å². The topological polar surface area (TPSA) is 66.2 Å². The van der Waals surface area contributed by atoms with Gasteiger partial charge in [0.1, 0.15) is 17.7 Å². The third-order valence-electron chi connectivity index (χ3n) is 2.55. The molecule has 1 amide bonds. The second-order valence-corrected chi connectivity index (χ2v) is 3.92. The fourth-order valence-electron chi connectivity index (χ4n) is 1.59. The van der Waals surface area contributed by atoms with Crippen molar-refractivity contribution in [2.75, 3.05) is 13.1 Å². The summed E-state index contributed by atoms with van der Waals surface area (Å²) in [5, 5.41) is 8.79. The Bertz CT molecular complexity index is 533. The van der Waals surface area contributed by atoms with Crippen molar-refractivity contribution >= 4 is 5.91 Å². The fraction of sp³-hybridized carbons (Fsp3) is 0.364. The number of halogens is 3. The molecule has 2 rings (SSSR count). The summed E-state index contributed by atoms with van der Waals surface area (Å²) < 4.78 is 41.6. The normalized spacial score (nSPS) is 15.6. The number of carbonyl (C=O) groups is 1. The van der Waals surface area contributed by atoms with E-state index in [2.05, 4.69) is 4.98 Å². The molecule has 0 spiro atoms. The zero-order chi connectivity index (χ0) is 14.0. The minimum atomic E-state index is -4.87. The largest absolute Gasteiger partial charge is 0.471 e. The number of hydrogen-bond donors (Lipinski definition) is 0. The highest BCUT2D eigenvalue weighted by Gasteiger charge is 2.47. The van der Waals surface area contributed by atoms with Gasteiger partial charge >= 0.3 is 12.1 Å². The van der Waals surface area contributed by atoms with Crippen molar-refractivity contribution in [3.8, 4) is 11.9 Å². The Balaban J connectivity index is 1.92. The first-order valence-corrected chi connectivity index (χ1v) is 5.29. The maximum Gasteiger partial charge on any atom is 0.471 e. The number of amides is 1. The average molecular weight is 271 g/mol. The molecule has 0 aromatic carbocycles. The van der Waals surface area contributed by atoms with Crippen molar-refractivity contribution in [1.29, 1.82) is 5.26 Å². The van der Waals surface area contributed by atoms with Crippen LogP contribution in [0.4, 0.5) is 13.2 Å². The first kappa shape index (κ1) is 13.1. The lowest BCUT2D eigenvalue weighted by Gasteiger charge is -2.38. The molecule has 0 bridgehead atoms. The van der Waals surface area contributed by atoms with E-state index >= 15 is 0 Å². The summed E-state index contributed by atoms with van der Waals surface area (Å²) in [5.41, 5.74) is 0.197. The van der Waals surface area contributed by atoms with E-state index in [9.17, 15) is 18.0 Å². The molecule has 1 fully saturated rings. The zero-order valence-electron chi connectivity index (χ0n) is 9.52. The van der Waals surface area contributed by atoms with E-state index in [1.807, 2.05) is 6.07 Å². The van der Waals surface area contributed by atoms with Crippen LogP contribution in [0.5, 0.6) is 5.88 Å². The first-order chi connectivity index (χ1) is 8.91. The molecule has 5 nitrogen and oxygen atoms in total. The summed E-state index contributed by atoms with van der Waals surface area (Å²) >= 11 is 0. The highest BCUT2D eigenvalue weighted by atomic mass is 19.4. The highest BCUT2D eigenvalue weighted by Crippen LogP contribution is 2.24. The van der Waals surface area contributed by atoms with Crippen LogP contribution in [0, 0.1) is 11.3 Å². The van der Waals surface area contributed by atoms with Gasteiger partial charge in [-0.1, -0.05) is 0 Å². The van der Waals surface area contributed by atoms with Crippen LogP contribution in [0.15, 0.2) is 18.3 Å². The smallest absolute Gasteiger partial charge is 0.470 e. The molecule has 1 aromatic rings. The lowest BCUT2D eigenvalue weighted by molar-refractivity contribution is -0.193. The third kappa shape index (κ3) is 2.76. The quantitative estimate of drug-likeness (QED) is 0.808. The van der Waals surface area contributed by atoms with Crippen molar-refractivity contribution in [3.63, 3.8) is 0 Å². The van der Waals surface area contributed by atoms with Gasteiger partial charge in [0.05, 0.1) is 13.1 Å². The molecule has 0 atom stereocenters. The predicted molar refractivity (Wildman–Crippen MR) is 56.0 cm³/mol. The molecule has 1 aromatic heterocycles. The van der Waals surface area contributed by atoms with E-state index in [-0.39, 0.29) is 24.5 Å². The Kier molecular flexibility index (Phi) is 3.29. The summed E-state index contributed by atoms with van der Waals surface area (Å²) in [6.45, 7) is -0.334. The molecule has 1 aliphatic rings. The Hall–Kier alpha value is -2.30. The SMILES string of the molecule is N#Cc1cccnc1OC1CN(C(=O)C(F)(F)F)C1. The van der Waals surface area contributed by atoms with Gasteiger partial charge in [-0.3, -0.25) is 4.79 Å². The van der Waals surface area contributed by atoms with Crippen LogP contribution in [0.3, 0.4) is 0 Å². The molecule has 2 heterocycles. The molecule has 0 radical (unpaired) electrons. The molecule has 0 aliphatic carbocycles. The van der Waals surface area contributed by atoms with Crippen LogP contribution < -0.4 is 4.74 Å². The number of alkyl halides is 3.